The van der Waals surface area contributed by atoms with Crippen LogP contribution in [0.1, 0.15) is 39.9 Å². The highest BCUT2D eigenvalue weighted by Gasteiger charge is 2.51. The Morgan fingerprint density at radius 1 is 0.850 bits per heavy atom. The van der Waals surface area contributed by atoms with Crippen LogP contribution in [0.5, 0.6) is 0 Å². The SMILES string of the molecule is COC1CC2C(=O)N(Cc3ccc(C(=O)Nc4ccccc4)cc3)C(=O)N(Cc3ccccc3C)C2CC1OC. The van der Waals surface area contributed by atoms with Crippen LogP contribution in [-0.4, -0.2) is 60.1 Å². The first kappa shape index (κ1) is 27.6. The molecule has 4 amide bonds. The molecule has 1 aliphatic heterocycles. The number of para-hydroxylation sites is 1. The van der Waals surface area contributed by atoms with Gasteiger partial charge in [0.1, 0.15) is 0 Å². The highest BCUT2D eigenvalue weighted by molar-refractivity contribution is 6.04. The van der Waals surface area contributed by atoms with Gasteiger partial charge >= 0.3 is 6.03 Å². The van der Waals surface area contributed by atoms with Gasteiger partial charge in [-0.25, -0.2) is 4.79 Å². The van der Waals surface area contributed by atoms with Gasteiger partial charge in [-0.15, -0.1) is 0 Å². The quantitative estimate of drug-likeness (QED) is 0.433. The van der Waals surface area contributed by atoms with E-state index < -0.39 is 5.92 Å². The Labute approximate surface area is 234 Å². The molecule has 0 radical (unpaired) electrons. The number of rotatable bonds is 8. The molecular formula is C32H35N3O5. The van der Waals surface area contributed by atoms with Crippen LogP contribution in [0.4, 0.5) is 10.5 Å². The average Bonchev–Trinajstić information content (AvgIpc) is 2.98. The first-order valence-corrected chi connectivity index (χ1v) is 13.6. The van der Waals surface area contributed by atoms with Crippen molar-refractivity contribution in [1.29, 1.82) is 0 Å². The minimum Gasteiger partial charge on any atom is -0.379 e. The van der Waals surface area contributed by atoms with Gasteiger partial charge in [-0.2, -0.15) is 0 Å². The Morgan fingerprint density at radius 2 is 1.50 bits per heavy atom. The van der Waals surface area contributed by atoms with Crippen LogP contribution >= 0.6 is 0 Å². The summed E-state index contributed by atoms with van der Waals surface area (Å²) in [4.78, 5) is 43.6. The summed E-state index contributed by atoms with van der Waals surface area (Å²) in [5, 5.41) is 2.87. The van der Waals surface area contributed by atoms with E-state index in [9.17, 15) is 14.4 Å². The van der Waals surface area contributed by atoms with E-state index in [1.165, 1.54) is 4.90 Å². The predicted molar refractivity (Wildman–Crippen MR) is 152 cm³/mol. The zero-order valence-corrected chi connectivity index (χ0v) is 23.1. The van der Waals surface area contributed by atoms with E-state index in [2.05, 4.69) is 5.32 Å². The molecule has 1 heterocycles. The van der Waals surface area contributed by atoms with Crippen molar-refractivity contribution in [3.63, 3.8) is 0 Å². The van der Waals surface area contributed by atoms with Gasteiger partial charge in [0.15, 0.2) is 0 Å². The molecule has 8 nitrogen and oxygen atoms in total. The number of imide groups is 1. The lowest BCUT2D eigenvalue weighted by Gasteiger charge is -2.50. The number of urea groups is 1. The van der Waals surface area contributed by atoms with E-state index in [0.29, 0.717) is 30.6 Å². The van der Waals surface area contributed by atoms with Gasteiger partial charge in [0.05, 0.1) is 24.7 Å². The van der Waals surface area contributed by atoms with Crippen molar-refractivity contribution in [1.82, 2.24) is 9.80 Å². The van der Waals surface area contributed by atoms with Crippen molar-refractivity contribution >= 4 is 23.5 Å². The summed E-state index contributed by atoms with van der Waals surface area (Å²) in [7, 11) is 3.28. The fraction of sp³-hybridized carbons (Fsp3) is 0.344. The van der Waals surface area contributed by atoms with Crippen molar-refractivity contribution in [2.75, 3.05) is 19.5 Å². The lowest BCUT2D eigenvalue weighted by atomic mass is 9.77. The number of ether oxygens (including phenoxy) is 2. The molecule has 0 aromatic heterocycles. The minimum atomic E-state index is -0.394. The number of aryl methyl sites for hydroxylation is 1. The number of nitrogens with one attached hydrogen (secondary N) is 1. The molecule has 40 heavy (non-hydrogen) atoms. The Kier molecular flexibility index (Phi) is 8.28. The number of fused-ring (bicyclic) bond motifs is 1. The van der Waals surface area contributed by atoms with Gasteiger partial charge in [0.2, 0.25) is 5.91 Å². The van der Waals surface area contributed by atoms with Crippen LogP contribution < -0.4 is 5.32 Å². The molecule has 4 unspecified atom stereocenters. The fourth-order valence-electron chi connectivity index (χ4n) is 5.78. The molecule has 4 atom stereocenters. The summed E-state index contributed by atoms with van der Waals surface area (Å²) in [6.45, 7) is 2.56. The van der Waals surface area contributed by atoms with Crippen LogP contribution in [-0.2, 0) is 27.4 Å². The molecule has 1 saturated heterocycles. The number of anilines is 1. The van der Waals surface area contributed by atoms with E-state index in [1.807, 2.05) is 66.4 Å². The highest BCUT2D eigenvalue weighted by Crippen LogP contribution is 2.38. The lowest BCUT2D eigenvalue weighted by molar-refractivity contribution is -0.152. The number of hydrogen-bond donors (Lipinski definition) is 1. The van der Waals surface area contributed by atoms with Crippen LogP contribution in [0.15, 0.2) is 78.9 Å². The van der Waals surface area contributed by atoms with Gasteiger partial charge in [-0.1, -0.05) is 54.6 Å². The summed E-state index contributed by atoms with van der Waals surface area (Å²) >= 11 is 0. The van der Waals surface area contributed by atoms with Crippen LogP contribution in [0.25, 0.3) is 0 Å². The maximum absolute atomic E-state index is 13.9. The number of benzene rings is 3. The third-order valence-electron chi connectivity index (χ3n) is 8.10. The highest BCUT2D eigenvalue weighted by atomic mass is 16.5. The fourth-order valence-corrected chi connectivity index (χ4v) is 5.78. The van der Waals surface area contributed by atoms with Gasteiger partial charge in [0, 0.05) is 38.1 Å². The molecule has 2 aliphatic rings. The average molecular weight is 542 g/mol. The maximum atomic E-state index is 13.9. The number of hydrogen-bond acceptors (Lipinski definition) is 5. The molecule has 0 bridgehead atoms. The van der Waals surface area contributed by atoms with Gasteiger partial charge < -0.3 is 19.7 Å². The number of nitrogens with zero attached hydrogens (tertiary/aromatic N) is 2. The van der Waals surface area contributed by atoms with Crippen LogP contribution in [0, 0.1) is 12.8 Å². The number of methoxy groups -OCH3 is 2. The number of carbonyl (C=O) groups is 3. The second-order valence-corrected chi connectivity index (χ2v) is 10.5. The Bertz CT molecular complexity index is 1360. The molecule has 208 valence electrons. The summed E-state index contributed by atoms with van der Waals surface area (Å²) in [5.74, 6) is -0.817. The summed E-state index contributed by atoms with van der Waals surface area (Å²) in [5.41, 5.74) is 4.10. The number of carbonyl (C=O) groups excluding carboxylic acids is 3. The molecule has 5 rings (SSSR count). The molecule has 1 aliphatic carbocycles. The third kappa shape index (κ3) is 5.64. The lowest BCUT2D eigenvalue weighted by Crippen LogP contribution is -2.64. The molecule has 8 heteroatoms. The standard InChI is InChI=1S/C32H35N3O5/c1-21-9-7-8-10-24(21)20-34-27-18-29(40-3)28(39-2)17-26(27)31(37)35(32(34)38)19-22-13-15-23(16-14-22)30(36)33-25-11-5-4-6-12-25/h4-16,26-29H,17-20H2,1-3H3,(H,33,36). The largest absolute Gasteiger partial charge is 0.379 e. The third-order valence-corrected chi connectivity index (χ3v) is 8.10. The van der Waals surface area contributed by atoms with Gasteiger partial charge in [-0.05, 0) is 60.7 Å². The van der Waals surface area contributed by atoms with Crippen molar-refractivity contribution < 1.29 is 23.9 Å². The van der Waals surface area contributed by atoms with E-state index in [4.69, 9.17) is 9.47 Å². The molecule has 1 saturated carbocycles. The van der Waals surface area contributed by atoms with E-state index >= 15 is 0 Å². The summed E-state index contributed by atoms with van der Waals surface area (Å²) in [6.07, 6.45) is 0.577. The summed E-state index contributed by atoms with van der Waals surface area (Å²) < 4.78 is 11.4. The number of amides is 4. The zero-order valence-electron chi connectivity index (χ0n) is 23.1. The van der Waals surface area contributed by atoms with Crippen LogP contribution in [0.3, 0.4) is 0 Å². The molecule has 2 fully saturated rings. The molecule has 3 aromatic carbocycles. The monoisotopic (exact) mass is 541 g/mol. The van der Waals surface area contributed by atoms with E-state index in [1.54, 1.807) is 38.5 Å². The van der Waals surface area contributed by atoms with Crippen LogP contribution in [0.2, 0.25) is 0 Å². The second kappa shape index (κ2) is 12.0. The van der Waals surface area contributed by atoms with Crippen molar-refractivity contribution in [2.24, 2.45) is 5.92 Å². The topological polar surface area (TPSA) is 88.2 Å². The second-order valence-electron chi connectivity index (χ2n) is 10.5. The Balaban J connectivity index is 1.38. The summed E-state index contributed by atoms with van der Waals surface area (Å²) in [6, 6.07) is 23.6. The normalized spacial score (nSPS) is 22.7. The zero-order chi connectivity index (χ0) is 28.2. The maximum Gasteiger partial charge on any atom is 0.327 e. The minimum absolute atomic E-state index is 0.122. The molecule has 0 spiro atoms. The Hall–Kier alpha value is -4.01. The Morgan fingerprint density at radius 3 is 2.17 bits per heavy atom. The van der Waals surface area contributed by atoms with Gasteiger partial charge in [-0.3, -0.25) is 14.5 Å². The van der Waals surface area contributed by atoms with E-state index in [-0.39, 0.29) is 42.6 Å². The molecule has 3 aromatic rings. The van der Waals surface area contributed by atoms with Crippen molar-refractivity contribution in [3.05, 3.63) is 101 Å². The van der Waals surface area contributed by atoms with E-state index in [0.717, 1.165) is 16.7 Å². The van der Waals surface area contributed by atoms with Crippen molar-refractivity contribution in [3.8, 4) is 0 Å². The predicted octanol–water partition coefficient (Wildman–Crippen LogP) is 5.02. The van der Waals surface area contributed by atoms with Crippen molar-refractivity contribution in [2.45, 2.75) is 51.1 Å². The first-order chi connectivity index (χ1) is 19.4. The first-order valence-electron chi connectivity index (χ1n) is 13.6. The smallest absolute Gasteiger partial charge is 0.327 e. The van der Waals surface area contributed by atoms with Gasteiger partial charge in [0.25, 0.3) is 5.91 Å². The molecule has 1 N–H and O–H groups in total. The molecular weight excluding hydrogens is 506 g/mol.